The third-order valence-electron chi connectivity index (χ3n) is 4.32. The SMILES string of the molecule is CC(C(=O)N1CCOc2ccccc2C1)N1CCNCC1. The van der Waals surface area contributed by atoms with Gasteiger partial charge in [0.2, 0.25) is 5.91 Å². The van der Waals surface area contributed by atoms with Gasteiger partial charge >= 0.3 is 0 Å². The topological polar surface area (TPSA) is 44.8 Å². The van der Waals surface area contributed by atoms with Crippen LogP contribution in [0.3, 0.4) is 0 Å². The highest BCUT2D eigenvalue weighted by atomic mass is 16.5. The Labute approximate surface area is 125 Å². The molecule has 1 unspecified atom stereocenters. The van der Waals surface area contributed by atoms with Crippen molar-refractivity contribution in [3.8, 4) is 5.75 Å². The van der Waals surface area contributed by atoms with Crippen molar-refractivity contribution in [3.63, 3.8) is 0 Å². The van der Waals surface area contributed by atoms with E-state index in [1.807, 2.05) is 36.1 Å². The summed E-state index contributed by atoms with van der Waals surface area (Å²) in [6.07, 6.45) is 0. The monoisotopic (exact) mass is 289 g/mol. The molecule has 1 aromatic rings. The number of ether oxygens (including phenoxy) is 1. The molecule has 1 atom stereocenters. The number of para-hydroxylation sites is 1. The molecule has 0 spiro atoms. The van der Waals surface area contributed by atoms with E-state index in [0.29, 0.717) is 19.7 Å². The Morgan fingerprint density at radius 3 is 2.81 bits per heavy atom. The molecule has 5 nitrogen and oxygen atoms in total. The molecule has 1 fully saturated rings. The molecule has 2 aliphatic rings. The smallest absolute Gasteiger partial charge is 0.240 e. The molecule has 1 aromatic carbocycles. The van der Waals surface area contributed by atoms with E-state index in [4.69, 9.17) is 4.74 Å². The summed E-state index contributed by atoms with van der Waals surface area (Å²) in [7, 11) is 0. The van der Waals surface area contributed by atoms with Crippen LogP contribution in [0.5, 0.6) is 5.75 Å². The minimum atomic E-state index is -0.0580. The maximum atomic E-state index is 12.8. The van der Waals surface area contributed by atoms with Gasteiger partial charge in [-0.3, -0.25) is 9.69 Å². The van der Waals surface area contributed by atoms with E-state index in [0.717, 1.165) is 37.5 Å². The van der Waals surface area contributed by atoms with E-state index >= 15 is 0 Å². The van der Waals surface area contributed by atoms with Gasteiger partial charge in [-0.25, -0.2) is 0 Å². The lowest BCUT2D eigenvalue weighted by Gasteiger charge is -2.34. The Morgan fingerprint density at radius 2 is 2.00 bits per heavy atom. The molecule has 0 aromatic heterocycles. The molecule has 1 amide bonds. The summed E-state index contributed by atoms with van der Waals surface area (Å²) < 4.78 is 5.74. The predicted octanol–water partition coefficient (Wildman–Crippen LogP) is 0.701. The summed E-state index contributed by atoms with van der Waals surface area (Å²) in [5.74, 6) is 1.11. The van der Waals surface area contributed by atoms with E-state index in [1.165, 1.54) is 0 Å². The standard InChI is InChI=1S/C16H23N3O2/c1-13(18-8-6-17-7-9-18)16(20)19-10-11-21-15-5-3-2-4-14(15)12-19/h2-5,13,17H,6-12H2,1H3. The average molecular weight is 289 g/mol. The van der Waals surface area contributed by atoms with Crippen molar-refractivity contribution in [1.29, 1.82) is 0 Å². The average Bonchev–Trinajstić information content (AvgIpc) is 2.76. The molecule has 0 radical (unpaired) electrons. The van der Waals surface area contributed by atoms with Gasteiger partial charge in [0.1, 0.15) is 12.4 Å². The number of hydrogen-bond donors (Lipinski definition) is 1. The Morgan fingerprint density at radius 1 is 1.24 bits per heavy atom. The molecule has 3 rings (SSSR count). The summed E-state index contributed by atoms with van der Waals surface area (Å²) in [6, 6.07) is 7.92. The highest BCUT2D eigenvalue weighted by Gasteiger charge is 2.28. The van der Waals surface area contributed by atoms with Crippen LogP contribution in [0.1, 0.15) is 12.5 Å². The quantitative estimate of drug-likeness (QED) is 0.870. The summed E-state index contributed by atoms with van der Waals surface area (Å²) in [4.78, 5) is 17.0. The number of rotatable bonds is 2. The van der Waals surface area contributed by atoms with Gasteiger partial charge in [0.15, 0.2) is 0 Å². The fourth-order valence-electron chi connectivity index (χ4n) is 3.00. The highest BCUT2D eigenvalue weighted by molar-refractivity contribution is 5.81. The first-order valence-electron chi connectivity index (χ1n) is 7.70. The Kier molecular flexibility index (Phi) is 4.41. The first-order chi connectivity index (χ1) is 10.3. The Hall–Kier alpha value is -1.59. The zero-order chi connectivity index (χ0) is 14.7. The molecule has 114 valence electrons. The van der Waals surface area contributed by atoms with Crippen LogP contribution in [-0.2, 0) is 11.3 Å². The summed E-state index contributed by atoms with van der Waals surface area (Å²) >= 11 is 0. The maximum absolute atomic E-state index is 12.8. The molecule has 0 aliphatic carbocycles. The van der Waals surface area contributed by atoms with Crippen molar-refractivity contribution in [2.45, 2.75) is 19.5 Å². The number of carbonyl (C=O) groups is 1. The minimum absolute atomic E-state index is 0.0580. The third kappa shape index (κ3) is 3.19. The Bertz CT molecular complexity index is 500. The van der Waals surface area contributed by atoms with Crippen molar-refractivity contribution in [2.75, 3.05) is 39.3 Å². The van der Waals surface area contributed by atoms with Crippen molar-refractivity contribution < 1.29 is 9.53 Å². The highest BCUT2D eigenvalue weighted by Crippen LogP contribution is 2.23. The first kappa shape index (κ1) is 14.4. The molecule has 0 bridgehead atoms. The number of amides is 1. The molecule has 5 heteroatoms. The first-order valence-corrected chi connectivity index (χ1v) is 7.70. The van der Waals surface area contributed by atoms with Crippen molar-refractivity contribution in [1.82, 2.24) is 15.1 Å². The molecule has 1 saturated heterocycles. The molecule has 2 heterocycles. The van der Waals surface area contributed by atoms with Gasteiger partial charge in [0.25, 0.3) is 0 Å². The van der Waals surface area contributed by atoms with Crippen molar-refractivity contribution >= 4 is 5.91 Å². The van der Waals surface area contributed by atoms with Crippen LogP contribution in [0, 0.1) is 0 Å². The van der Waals surface area contributed by atoms with E-state index in [9.17, 15) is 4.79 Å². The van der Waals surface area contributed by atoms with Gasteiger partial charge < -0.3 is 15.0 Å². The number of benzene rings is 1. The van der Waals surface area contributed by atoms with Crippen LogP contribution in [0.4, 0.5) is 0 Å². The summed E-state index contributed by atoms with van der Waals surface area (Å²) in [5, 5.41) is 3.32. The lowest BCUT2D eigenvalue weighted by molar-refractivity contribution is -0.137. The number of hydrogen-bond acceptors (Lipinski definition) is 4. The molecular weight excluding hydrogens is 266 g/mol. The number of nitrogens with zero attached hydrogens (tertiary/aromatic N) is 2. The largest absolute Gasteiger partial charge is 0.491 e. The lowest BCUT2D eigenvalue weighted by Crippen LogP contribution is -2.53. The van der Waals surface area contributed by atoms with E-state index < -0.39 is 0 Å². The lowest BCUT2D eigenvalue weighted by atomic mass is 10.1. The number of piperazine rings is 1. The van der Waals surface area contributed by atoms with Crippen molar-refractivity contribution in [3.05, 3.63) is 29.8 Å². The second-order valence-corrected chi connectivity index (χ2v) is 5.68. The van der Waals surface area contributed by atoms with Crippen LogP contribution in [0.15, 0.2) is 24.3 Å². The molecule has 2 aliphatic heterocycles. The predicted molar refractivity (Wildman–Crippen MR) is 81.3 cm³/mol. The van der Waals surface area contributed by atoms with Gasteiger partial charge in [-0.1, -0.05) is 18.2 Å². The van der Waals surface area contributed by atoms with Crippen LogP contribution < -0.4 is 10.1 Å². The van der Waals surface area contributed by atoms with E-state index in [2.05, 4.69) is 10.2 Å². The second-order valence-electron chi connectivity index (χ2n) is 5.68. The fourth-order valence-corrected chi connectivity index (χ4v) is 3.00. The van der Waals surface area contributed by atoms with Gasteiger partial charge in [0, 0.05) is 38.3 Å². The summed E-state index contributed by atoms with van der Waals surface area (Å²) in [5.41, 5.74) is 1.09. The number of carbonyl (C=O) groups excluding carboxylic acids is 1. The van der Waals surface area contributed by atoms with Gasteiger partial charge in [-0.15, -0.1) is 0 Å². The minimum Gasteiger partial charge on any atom is -0.491 e. The second kappa shape index (κ2) is 6.45. The van der Waals surface area contributed by atoms with Gasteiger partial charge in [-0.2, -0.15) is 0 Å². The normalized spacial score (nSPS) is 21.1. The van der Waals surface area contributed by atoms with Crippen LogP contribution >= 0.6 is 0 Å². The van der Waals surface area contributed by atoms with Crippen LogP contribution in [0.25, 0.3) is 0 Å². The zero-order valence-electron chi connectivity index (χ0n) is 12.5. The molecule has 0 saturated carbocycles. The van der Waals surface area contributed by atoms with E-state index in [1.54, 1.807) is 0 Å². The molecule has 1 N–H and O–H groups in total. The van der Waals surface area contributed by atoms with E-state index in [-0.39, 0.29) is 11.9 Å². The fraction of sp³-hybridized carbons (Fsp3) is 0.562. The zero-order valence-corrected chi connectivity index (χ0v) is 12.5. The van der Waals surface area contributed by atoms with Gasteiger partial charge in [-0.05, 0) is 13.0 Å². The summed E-state index contributed by atoms with van der Waals surface area (Å²) in [6.45, 7) is 7.69. The molecular formula is C16H23N3O2. The molecule has 21 heavy (non-hydrogen) atoms. The van der Waals surface area contributed by atoms with Crippen molar-refractivity contribution in [2.24, 2.45) is 0 Å². The van der Waals surface area contributed by atoms with Crippen LogP contribution in [0.2, 0.25) is 0 Å². The maximum Gasteiger partial charge on any atom is 0.240 e. The number of fused-ring (bicyclic) bond motifs is 1. The van der Waals surface area contributed by atoms with Gasteiger partial charge in [0.05, 0.1) is 12.6 Å². The Balaban J connectivity index is 1.69. The number of nitrogens with one attached hydrogen (secondary N) is 1. The van der Waals surface area contributed by atoms with Crippen LogP contribution in [-0.4, -0.2) is 61.1 Å². The third-order valence-corrected chi connectivity index (χ3v) is 4.32.